The largest absolute Gasteiger partial charge is 0.661 e. The van der Waals surface area contributed by atoms with Crippen molar-refractivity contribution in [2.24, 2.45) is 0 Å². The molecule has 0 atom stereocenters. The first kappa shape index (κ1) is 9.23. The van der Waals surface area contributed by atoms with Crippen molar-refractivity contribution in [2.75, 3.05) is 14.1 Å². The number of nitrogens with one attached hydrogen (secondary N) is 1. The van der Waals surface area contributed by atoms with Crippen molar-refractivity contribution in [3.05, 3.63) is 40.7 Å². The summed E-state index contributed by atoms with van der Waals surface area (Å²) in [5.41, 5.74) is 2.60. The van der Waals surface area contributed by atoms with Crippen LogP contribution in [-0.4, -0.2) is 14.1 Å². The van der Waals surface area contributed by atoms with E-state index in [0.29, 0.717) is 0 Å². The number of hydrogen-bond donors (Lipinski definition) is 1. The summed E-state index contributed by atoms with van der Waals surface area (Å²) < 4.78 is 0. The molecule has 1 rings (SSSR count). The lowest BCUT2D eigenvalue weighted by Gasteiger charge is -2.11. The molecule has 0 unspecified atom stereocenters. The standard InChI is InChI=1S/C10H15N2/c1-11-7-9-4-3-5-10(6-9)8-12-2/h3-6,11H,7-8H2,1-2H3/q-1. The highest BCUT2D eigenvalue weighted by Crippen LogP contribution is 2.07. The van der Waals surface area contributed by atoms with Gasteiger partial charge in [0.05, 0.1) is 0 Å². The van der Waals surface area contributed by atoms with Crippen molar-refractivity contribution in [2.45, 2.75) is 13.1 Å². The summed E-state index contributed by atoms with van der Waals surface area (Å²) in [5.74, 6) is 0. The molecule has 1 aromatic carbocycles. The van der Waals surface area contributed by atoms with Crippen LogP contribution < -0.4 is 5.32 Å². The van der Waals surface area contributed by atoms with Crippen LogP contribution in [-0.2, 0) is 13.1 Å². The van der Waals surface area contributed by atoms with Crippen molar-refractivity contribution in [3.8, 4) is 0 Å². The average Bonchev–Trinajstić information content (AvgIpc) is 2.06. The fourth-order valence-corrected chi connectivity index (χ4v) is 1.22. The second-order valence-corrected chi connectivity index (χ2v) is 2.82. The lowest BCUT2D eigenvalue weighted by atomic mass is 10.1. The van der Waals surface area contributed by atoms with E-state index in [1.54, 1.807) is 0 Å². The van der Waals surface area contributed by atoms with Crippen LogP contribution in [0.25, 0.3) is 5.32 Å². The molecule has 0 radical (unpaired) electrons. The molecular weight excluding hydrogens is 148 g/mol. The van der Waals surface area contributed by atoms with Gasteiger partial charge in [-0.05, 0) is 12.6 Å². The van der Waals surface area contributed by atoms with Gasteiger partial charge in [0.1, 0.15) is 0 Å². The Morgan fingerprint density at radius 3 is 2.75 bits per heavy atom. The quantitative estimate of drug-likeness (QED) is 0.721. The third kappa shape index (κ3) is 2.64. The fraction of sp³-hybridized carbons (Fsp3) is 0.400. The molecule has 0 aromatic heterocycles. The second-order valence-electron chi connectivity index (χ2n) is 2.82. The average molecular weight is 163 g/mol. The van der Waals surface area contributed by atoms with E-state index >= 15 is 0 Å². The predicted molar refractivity (Wildman–Crippen MR) is 52.2 cm³/mol. The van der Waals surface area contributed by atoms with Gasteiger partial charge in [-0.25, -0.2) is 0 Å². The van der Waals surface area contributed by atoms with Gasteiger partial charge in [0.2, 0.25) is 0 Å². The molecule has 0 bridgehead atoms. The van der Waals surface area contributed by atoms with Gasteiger partial charge in [-0.15, -0.1) is 6.54 Å². The van der Waals surface area contributed by atoms with Crippen LogP contribution in [0.4, 0.5) is 0 Å². The molecule has 0 aliphatic rings. The maximum absolute atomic E-state index is 4.09. The first-order chi connectivity index (χ1) is 5.86. The normalized spacial score (nSPS) is 10.2. The Bertz CT molecular complexity index is 212. The molecule has 0 saturated carbocycles. The fourth-order valence-electron chi connectivity index (χ4n) is 1.22. The van der Waals surface area contributed by atoms with Gasteiger partial charge < -0.3 is 10.6 Å². The second kappa shape index (κ2) is 4.91. The zero-order valence-corrected chi connectivity index (χ0v) is 7.67. The van der Waals surface area contributed by atoms with Crippen LogP contribution in [0.5, 0.6) is 0 Å². The monoisotopic (exact) mass is 163 g/mol. The summed E-state index contributed by atoms with van der Waals surface area (Å²) in [4.78, 5) is 0. The summed E-state index contributed by atoms with van der Waals surface area (Å²) in [6, 6.07) is 8.48. The lowest BCUT2D eigenvalue weighted by molar-refractivity contribution is 0.816. The van der Waals surface area contributed by atoms with Crippen molar-refractivity contribution >= 4 is 0 Å². The molecule has 1 N–H and O–H groups in total. The van der Waals surface area contributed by atoms with Gasteiger partial charge in [0.15, 0.2) is 0 Å². The maximum atomic E-state index is 4.09. The van der Waals surface area contributed by atoms with Crippen molar-refractivity contribution in [1.82, 2.24) is 5.32 Å². The van der Waals surface area contributed by atoms with Gasteiger partial charge in [0.25, 0.3) is 0 Å². The Kier molecular flexibility index (Phi) is 3.77. The molecule has 2 nitrogen and oxygen atoms in total. The van der Waals surface area contributed by atoms with E-state index in [0.717, 1.165) is 13.1 Å². The molecule has 0 spiro atoms. The van der Waals surface area contributed by atoms with Crippen molar-refractivity contribution < 1.29 is 0 Å². The molecular formula is C10H15N2-. The van der Waals surface area contributed by atoms with Gasteiger partial charge in [-0.2, -0.15) is 7.05 Å². The van der Waals surface area contributed by atoms with Crippen LogP contribution in [0.2, 0.25) is 0 Å². The SMILES string of the molecule is C[N-]Cc1cccc(CNC)c1. The maximum Gasteiger partial charge on any atom is 0.0202 e. The minimum atomic E-state index is 0.817. The molecule has 1 aromatic rings. The molecule has 0 saturated heterocycles. The molecule has 0 aliphatic carbocycles. The highest BCUT2D eigenvalue weighted by atomic mass is 14.8. The summed E-state index contributed by atoms with van der Waals surface area (Å²) in [6.07, 6.45) is 0. The molecule has 0 fully saturated rings. The van der Waals surface area contributed by atoms with E-state index in [-0.39, 0.29) is 0 Å². The van der Waals surface area contributed by atoms with Crippen molar-refractivity contribution in [1.29, 1.82) is 0 Å². The molecule has 0 aliphatic heterocycles. The highest BCUT2D eigenvalue weighted by Gasteiger charge is 1.90. The van der Waals surface area contributed by atoms with E-state index in [4.69, 9.17) is 0 Å². The number of rotatable bonds is 4. The van der Waals surface area contributed by atoms with E-state index in [1.165, 1.54) is 11.1 Å². The number of hydrogen-bond acceptors (Lipinski definition) is 1. The van der Waals surface area contributed by atoms with Crippen LogP contribution in [0.15, 0.2) is 24.3 Å². The predicted octanol–water partition coefficient (Wildman–Crippen LogP) is 1.91. The van der Waals surface area contributed by atoms with E-state index in [2.05, 4.69) is 34.9 Å². The van der Waals surface area contributed by atoms with Gasteiger partial charge in [-0.3, -0.25) is 0 Å². The Morgan fingerprint density at radius 2 is 2.08 bits per heavy atom. The Labute approximate surface area is 74.0 Å². The van der Waals surface area contributed by atoms with E-state index < -0.39 is 0 Å². The first-order valence-corrected chi connectivity index (χ1v) is 4.15. The molecule has 0 amide bonds. The highest BCUT2D eigenvalue weighted by molar-refractivity contribution is 5.24. The molecule has 0 heterocycles. The molecule has 2 heteroatoms. The Balaban J connectivity index is 2.67. The number of benzene rings is 1. The Morgan fingerprint density at radius 1 is 1.33 bits per heavy atom. The minimum absolute atomic E-state index is 0.817. The molecule has 66 valence electrons. The van der Waals surface area contributed by atoms with Gasteiger partial charge in [0, 0.05) is 6.54 Å². The van der Waals surface area contributed by atoms with Crippen LogP contribution >= 0.6 is 0 Å². The zero-order chi connectivity index (χ0) is 8.81. The smallest absolute Gasteiger partial charge is 0.0202 e. The zero-order valence-electron chi connectivity index (χ0n) is 7.67. The number of nitrogens with zero attached hydrogens (tertiary/aromatic N) is 1. The molecule has 12 heavy (non-hydrogen) atoms. The van der Waals surface area contributed by atoms with Crippen molar-refractivity contribution in [3.63, 3.8) is 0 Å². The van der Waals surface area contributed by atoms with Gasteiger partial charge in [-0.1, -0.05) is 29.8 Å². The summed E-state index contributed by atoms with van der Waals surface area (Å²) in [5, 5.41) is 7.21. The third-order valence-electron chi connectivity index (χ3n) is 1.71. The van der Waals surface area contributed by atoms with E-state index in [9.17, 15) is 0 Å². The third-order valence-corrected chi connectivity index (χ3v) is 1.71. The summed E-state index contributed by atoms with van der Waals surface area (Å²) >= 11 is 0. The van der Waals surface area contributed by atoms with Gasteiger partial charge >= 0.3 is 0 Å². The lowest BCUT2D eigenvalue weighted by Crippen LogP contribution is -2.04. The van der Waals surface area contributed by atoms with Crippen LogP contribution in [0.1, 0.15) is 11.1 Å². The summed E-state index contributed by atoms with van der Waals surface area (Å²) in [7, 11) is 3.79. The first-order valence-electron chi connectivity index (χ1n) is 4.15. The minimum Gasteiger partial charge on any atom is -0.661 e. The van der Waals surface area contributed by atoms with E-state index in [1.807, 2.05) is 14.1 Å². The van der Waals surface area contributed by atoms with Crippen LogP contribution in [0.3, 0.4) is 0 Å². The Hall–Kier alpha value is -0.860. The van der Waals surface area contributed by atoms with Crippen LogP contribution in [0, 0.1) is 0 Å². The summed E-state index contributed by atoms with van der Waals surface area (Å²) in [6.45, 7) is 1.75. The topological polar surface area (TPSA) is 26.1 Å².